The van der Waals surface area contributed by atoms with E-state index in [-0.39, 0.29) is 12.5 Å². The first-order chi connectivity index (χ1) is 13.7. The van der Waals surface area contributed by atoms with E-state index in [1.807, 2.05) is 24.3 Å². The Kier molecular flexibility index (Phi) is 3.68. The van der Waals surface area contributed by atoms with Crippen molar-refractivity contribution in [3.8, 4) is 11.5 Å². The van der Waals surface area contributed by atoms with E-state index in [2.05, 4.69) is 25.4 Å². The molecule has 0 spiro atoms. The second-order valence-electron chi connectivity index (χ2n) is 6.36. The van der Waals surface area contributed by atoms with E-state index in [4.69, 9.17) is 8.94 Å². The van der Waals surface area contributed by atoms with E-state index < -0.39 is 0 Å². The maximum Gasteiger partial charge on any atom is 0.259 e. The molecule has 4 aromatic heterocycles. The number of hydrogen-bond donors (Lipinski definition) is 2. The number of amides is 1. The topological polar surface area (TPSA) is 110 Å². The van der Waals surface area contributed by atoms with Gasteiger partial charge in [0.05, 0.1) is 40.5 Å². The van der Waals surface area contributed by atoms with Crippen LogP contribution in [0.2, 0.25) is 0 Å². The molecule has 0 atom stereocenters. The van der Waals surface area contributed by atoms with Gasteiger partial charge in [0.15, 0.2) is 5.76 Å². The highest BCUT2D eigenvalue weighted by atomic mass is 16.5. The SMILES string of the molecule is Cc1noc2nc(-c3ccco3)cc(C(=O)NCc3nc4ccccc4[nH]3)c12. The van der Waals surface area contributed by atoms with Gasteiger partial charge in [-0.3, -0.25) is 4.79 Å². The van der Waals surface area contributed by atoms with Gasteiger partial charge in [0, 0.05) is 0 Å². The second kappa shape index (κ2) is 6.34. The summed E-state index contributed by atoms with van der Waals surface area (Å²) in [7, 11) is 0. The summed E-state index contributed by atoms with van der Waals surface area (Å²) >= 11 is 0. The van der Waals surface area contributed by atoms with Crippen molar-refractivity contribution in [1.29, 1.82) is 0 Å². The summed E-state index contributed by atoms with van der Waals surface area (Å²) < 4.78 is 10.7. The first kappa shape index (κ1) is 16.2. The quantitative estimate of drug-likeness (QED) is 0.498. The first-order valence-corrected chi connectivity index (χ1v) is 8.72. The molecular formula is C20H15N5O3. The lowest BCUT2D eigenvalue weighted by molar-refractivity contribution is 0.0951. The number of aryl methyl sites for hydroxylation is 1. The van der Waals surface area contributed by atoms with Gasteiger partial charge in [-0.25, -0.2) is 9.97 Å². The molecule has 0 unspecified atom stereocenters. The first-order valence-electron chi connectivity index (χ1n) is 8.72. The summed E-state index contributed by atoms with van der Waals surface area (Å²) in [5.74, 6) is 0.947. The molecule has 1 amide bonds. The number of carbonyl (C=O) groups is 1. The fraction of sp³-hybridized carbons (Fsp3) is 0.100. The third-order valence-corrected chi connectivity index (χ3v) is 4.49. The van der Waals surface area contributed by atoms with Crippen LogP contribution in [0.15, 0.2) is 57.7 Å². The van der Waals surface area contributed by atoms with Gasteiger partial charge in [0.2, 0.25) is 0 Å². The predicted octanol–water partition coefficient (Wildman–Crippen LogP) is 3.60. The van der Waals surface area contributed by atoms with Gasteiger partial charge in [-0.05, 0) is 37.3 Å². The van der Waals surface area contributed by atoms with E-state index in [1.54, 1.807) is 31.4 Å². The van der Waals surface area contributed by atoms with E-state index in [0.717, 1.165) is 11.0 Å². The van der Waals surface area contributed by atoms with Gasteiger partial charge in [0.25, 0.3) is 11.6 Å². The standard InChI is InChI=1S/C20H15N5O3/c1-11-18-12(9-15(16-7-4-8-27-16)24-20(18)28-25-11)19(26)21-10-17-22-13-5-2-3-6-14(13)23-17/h2-9H,10H2,1H3,(H,21,26)(H,22,23). The Labute approximate surface area is 158 Å². The molecule has 5 rings (SSSR count). The normalized spacial score (nSPS) is 11.3. The van der Waals surface area contributed by atoms with Crippen LogP contribution >= 0.6 is 0 Å². The van der Waals surface area contributed by atoms with E-state index in [0.29, 0.717) is 39.6 Å². The zero-order chi connectivity index (χ0) is 19.1. The highest BCUT2D eigenvalue weighted by molar-refractivity contribution is 6.06. The molecule has 5 aromatic rings. The molecule has 0 bridgehead atoms. The summed E-state index contributed by atoms with van der Waals surface area (Å²) in [5.41, 5.74) is 3.59. The van der Waals surface area contributed by atoms with Crippen molar-refractivity contribution in [3.05, 3.63) is 65.8 Å². The van der Waals surface area contributed by atoms with Crippen LogP contribution in [0, 0.1) is 6.92 Å². The minimum absolute atomic E-state index is 0.262. The number of pyridine rings is 1. The number of hydrogen-bond acceptors (Lipinski definition) is 6. The van der Waals surface area contributed by atoms with E-state index >= 15 is 0 Å². The third kappa shape index (κ3) is 2.71. The van der Waals surface area contributed by atoms with E-state index in [9.17, 15) is 4.79 Å². The summed E-state index contributed by atoms with van der Waals surface area (Å²) in [6, 6.07) is 12.9. The molecule has 2 N–H and O–H groups in total. The molecule has 0 fully saturated rings. The van der Waals surface area contributed by atoms with Crippen LogP contribution in [0.1, 0.15) is 21.9 Å². The number of nitrogens with zero attached hydrogens (tertiary/aromatic N) is 3. The molecule has 28 heavy (non-hydrogen) atoms. The number of benzene rings is 1. The Bertz CT molecular complexity index is 1270. The molecule has 0 aliphatic carbocycles. The zero-order valence-corrected chi connectivity index (χ0v) is 14.9. The van der Waals surface area contributed by atoms with Crippen LogP contribution in [0.5, 0.6) is 0 Å². The molecule has 8 heteroatoms. The Hall–Kier alpha value is -3.94. The highest BCUT2D eigenvalue weighted by Crippen LogP contribution is 2.27. The fourth-order valence-corrected chi connectivity index (χ4v) is 3.17. The Balaban J connectivity index is 1.48. The minimum Gasteiger partial charge on any atom is -0.463 e. The van der Waals surface area contributed by atoms with Crippen molar-refractivity contribution in [1.82, 2.24) is 25.4 Å². The molecule has 0 radical (unpaired) electrons. The number of nitrogens with one attached hydrogen (secondary N) is 2. The van der Waals surface area contributed by atoms with Crippen molar-refractivity contribution in [2.45, 2.75) is 13.5 Å². The lowest BCUT2D eigenvalue weighted by Gasteiger charge is -2.06. The molecule has 8 nitrogen and oxygen atoms in total. The van der Waals surface area contributed by atoms with E-state index in [1.165, 1.54) is 0 Å². The predicted molar refractivity (Wildman–Crippen MR) is 102 cm³/mol. The van der Waals surface area contributed by atoms with Crippen LogP contribution in [0.3, 0.4) is 0 Å². The Morgan fingerprint density at radius 2 is 2.07 bits per heavy atom. The van der Waals surface area contributed by atoms with Gasteiger partial charge in [0.1, 0.15) is 11.5 Å². The number of rotatable bonds is 4. The maximum absolute atomic E-state index is 12.9. The van der Waals surface area contributed by atoms with Crippen LogP contribution in [0.4, 0.5) is 0 Å². The lowest BCUT2D eigenvalue weighted by atomic mass is 10.1. The molecular weight excluding hydrogens is 358 g/mol. The minimum atomic E-state index is -0.271. The smallest absolute Gasteiger partial charge is 0.259 e. The maximum atomic E-state index is 12.9. The summed E-state index contributed by atoms with van der Waals surface area (Å²) in [4.78, 5) is 25.0. The third-order valence-electron chi connectivity index (χ3n) is 4.49. The number of aromatic amines is 1. The number of furan rings is 1. The summed E-state index contributed by atoms with van der Waals surface area (Å²) in [6.07, 6.45) is 1.55. The molecule has 0 aliphatic heterocycles. The van der Waals surface area contributed by atoms with Gasteiger partial charge in [-0.1, -0.05) is 17.3 Å². The van der Waals surface area contributed by atoms with Crippen molar-refractivity contribution in [2.24, 2.45) is 0 Å². The fourth-order valence-electron chi connectivity index (χ4n) is 3.17. The number of carbonyl (C=O) groups excluding carboxylic acids is 1. The number of imidazole rings is 1. The Morgan fingerprint density at radius 1 is 1.18 bits per heavy atom. The lowest BCUT2D eigenvalue weighted by Crippen LogP contribution is -2.24. The average molecular weight is 373 g/mol. The van der Waals surface area contributed by atoms with Gasteiger partial charge >= 0.3 is 0 Å². The number of para-hydroxylation sites is 2. The molecule has 0 saturated heterocycles. The number of aromatic nitrogens is 4. The van der Waals surface area contributed by atoms with Crippen LogP contribution in [-0.4, -0.2) is 26.0 Å². The van der Waals surface area contributed by atoms with Gasteiger partial charge < -0.3 is 19.2 Å². The number of H-pyrrole nitrogens is 1. The summed E-state index contributed by atoms with van der Waals surface area (Å²) in [5, 5.41) is 7.42. The van der Waals surface area contributed by atoms with Crippen LogP contribution in [-0.2, 0) is 6.54 Å². The Morgan fingerprint density at radius 3 is 2.89 bits per heavy atom. The monoisotopic (exact) mass is 373 g/mol. The van der Waals surface area contributed by atoms with Gasteiger partial charge in [-0.2, -0.15) is 0 Å². The van der Waals surface area contributed by atoms with Crippen LogP contribution < -0.4 is 5.32 Å². The number of fused-ring (bicyclic) bond motifs is 2. The van der Waals surface area contributed by atoms with Crippen molar-refractivity contribution in [2.75, 3.05) is 0 Å². The highest BCUT2D eigenvalue weighted by Gasteiger charge is 2.20. The van der Waals surface area contributed by atoms with Crippen LogP contribution in [0.25, 0.3) is 33.6 Å². The molecule has 138 valence electrons. The average Bonchev–Trinajstić information content (AvgIpc) is 3.45. The van der Waals surface area contributed by atoms with Crippen molar-refractivity contribution in [3.63, 3.8) is 0 Å². The molecule has 1 aromatic carbocycles. The molecule has 0 saturated carbocycles. The zero-order valence-electron chi connectivity index (χ0n) is 14.9. The van der Waals surface area contributed by atoms with Crippen molar-refractivity contribution < 1.29 is 13.7 Å². The van der Waals surface area contributed by atoms with Crippen molar-refractivity contribution >= 4 is 28.0 Å². The molecule has 4 heterocycles. The second-order valence-corrected chi connectivity index (χ2v) is 6.36. The molecule has 0 aliphatic rings. The van der Waals surface area contributed by atoms with Gasteiger partial charge in [-0.15, -0.1) is 0 Å². The largest absolute Gasteiger partial charge is 0.463 e. The summed E-state index contributed by atoms with van der Waals surface area (Å²) in [6.45, 7) is 2.04.